The highest BCUT2D eigenvalue weighted by Crippen LogP contribution is 2.15. The molecule has 3 aromatic rings. The molecule has 0 fully saturated rings. The van der Waals surface area contributed by atoms with E-state index in [-0.39, 0.29) is 12.1 Å². The summed E-state index contributed by atoms with van der Waals surface area (Å²) < 4.78 is 5.29. The van der Waals surface area contributed by atoms with Crippen LogP contribution in [0.25, 0.3) is 0 Å². The van der Waals surface area contributed by atoms with Crippen molar-refractivity contribution >= 4 is 35.6 Å². The zero-order valence-electron chi connectivity index (χ0n) is 16.2. The van der Waals surface area contributed by atoms with Gasteiger partial charge in [-0.25, -0.2) is 10.2 Å². The molecule has 8 heteroatoms. The van der Waals surface area contributed by atoms with E-state index in [1.165, 1.54) is 6.21 Å². The molecule has 7 nitrogen and oxygen atoms in total. The lowest BCUT2D eigenvalue weighted by molar-refractivity contribution is -0.120. The number of hydrogen-bond donors (Lipinski definition) is 2. The van der Waals surface area contributed by atoms with E-state index in [0.29, 0.717) is 21.9 Å². The smallest absolute Gasteiger partial charge is 0.343 e. The number of hydrazone groups is 1. The summed E-state index contributed by atoms with van der Waals surface area (Å²) in [4.78, 5) is 35.9. The van der Waals surface area contributed by atoms with Crippen molar-refractivity contribution in [2.75, 3.05) is 6.54 Å². The third-order valence-electron chi connectivity index (χ3n) is 4.03. The summed E-state index contributed by atoms with van der Waals surface area (Å²) in [6.45, 7) is -0.254. The van der Waals surface area contributed by atoms with Gasteiger partial charge in [-0.1, -0.05) is 41.9 Å². The predicted molar refractivity (Wildman–Crippen MR) is 117 cm³/mol. The third kappa shape index (κ3) is 6.52. The minimum atomic E-state index is -0.495. The van der Waals surface area contributed by atoms with E-state index in [9.17, 15) is 14.4 Å². The van der Waals surface area contributed by atoms with Gasteiger partial charge in [0.1, 0.15) is 5.75 Å². The minimum Gasteiger partial charge on any atom is -0.423 e. The monoisotopic (exact) mass is 435 g/mol. The summed E-state index contributed by atoms with van der Waals surface area (Å²) in [6, 6.07) is 21.8. The molecule has 0 atom stereocenters. The fourth-order valence-corrected chi connectivity index (χ4v) is 2.70. The molecule has 0 spiro atoms. The Morgan fingerprint density at radius 3 is 2.29 bits per heavy atom. The van der Waals surface area contributed by atoms with E-state index in [1.807, 2.05) is 6.07 Å². The molecule has 0 aliphatic carbocycles. The fourth-order valence-electron chi connectivity index (χ4n) is 2.48. The van der Waals surface area contributed by atoms with Crippen molar-refractivity contribution in [2.45, 2.75) is 0 Å². The quantitative estimate of drug-likeness (QED) is 0.257. The lowest BCUT2D eigenvalue weighted by atomic mass is 10.2. The largest absolute Gasteiger partial charge is 0.423 e. The summed E-state index contributed by atoms with van der Waals surface area (Å²) in [5.41, 5.74) is 3.74. The van der Waals surface area contributed by atoms with Gasteiger partial charge in [0.2, 0.25) is 0 Å². The van der Waals surface area contributed by atoms with E-state index in [4.69, 9.17) is 16.3 Å². The molecule has 3 rings (SSSR count). The Hall–Kier alpha value is -3.97. The molecule has 31 heavy (non-hydrogen) atoms. The van der Waals surface area contributed by atoms with Crippen LogP contribution in [0.3, 0.4) is 0 Å². The number of carbonyl (C=O) groups is 3. The SMILES string of the molecule is O=C(CNC(=O)c1ccccc1Cl)N/N=C/c1ccc(OC(=O)c2ccccc2)cc1. The van der Waals surface area contributed by atoms with Gasteiger partial charge in [0, 0.05) is 0 Å². The molecule has 2 N–H and O–H groups in total. The molecule has 0 aliphatic heterocycles. The number of ether oxygens (including phenoxy) is 1. The first-order valence-corrected chi connectivity index (χ1v) is 9.62. The van der Waals surface area contributed by atoms with Crippen molar-refractivity contribution < 1.29 is 19.1 Å². The highest BCUT2D eigenvalue weighted by Gasteiger charge is 2.10. The number of rotatable bonds is 7. The predicted octanol–water partition coefficient (Wildman–Crippen LogP) is 3.44. The Morgan fingerprint density at radius 2 is 1.58 bits per heavy atom. The number of esters is 1. The van der Waals surface area contributed by atoms with E-state index in [0.717, 1.165) is 0 Å². The highest BCUT2D eigenvalue weighted by atomic mass is 35.5. The van der Waals surface area contributed by atoms with E-state index < -0.39 is 17.8 Å². The average molecular weight is 436 g/mol. The maximum atomic E-state index is 12.0. The lowest BCUT2D eigenvalue weighted by Gasteiger charge is -2.06. The van der Waals surface area contributed by atoms with Gasteiger partial charge < -0.3 is 10.1 Å². The Bertz CT molecular complexity index is 1100. The van der Waals surface area contributed by atoms with Crippen LogP contribution < -0.4 is 15.5 Å². The number of nitrogens with one attached hydrogen (secondary N) is 2. The minimum absolute atomic E-state index is 0.254. The second-order valence-corrected chi connectivity index (χ2v) is 6.69. The maximum Gasteiger partial charge on any atom is 0.343 e. The first-order chi connectivity index (χ1) is 15.0. The van der Waals surface area contributed by atoms with Crippen molar-refractivity contribution in [1.29, 1.82) is 0 Å². The molecule has 156 valence electrons. The molecule has 0 saturated heterocycles. The molecular formula is C23H18ClN3O4. The molecule has 0 saturated carbocycles. The van der Waals surface area contributed by atoms with Crippen LogP contribution in [0.4, 0.5) is 0 Å². The highest BCUT2D eigenvalue weighted by molar-refractivity contribution is 6.33. The van der Waals surface area contributed by atoms with Crippen molar-refractivity contribution in [3.63, 3.8) is 0 Å². The van der Waals surface area contributed by atoms with Gasteiger partial charge in [-0.05, 0) is 54.1 Å². The molecule has 0 aliphatic rings. The molecule has 0 heterocycles. The lowest BCUT2D eigenvalue weighted by Crippen LogP contribution is -2.35. The van der Waals surface area contributed by atoms with Crippen LogP contribution >= 0.6 is 11.6 Å². The zero-order chi connectivity index (χ0) is 22.1. The maximum absolute atomic E-state index is 12.0. The molecule has 0 unspecified atom stereocenters. The number of benzene rings is 3. The summed E-state index contributed by atoms with van der Waals surface area (Å²) in [5.74, 6) is -1.01. The Balaban J connectivity index is 1.45. The molecule has 2 amide bonds. The molecule has 0 aromatic heterocycles. The van der Waals surface area contributed by atoms with Gasteiger partial charge >= 0.3 is 5.97 Å². The molecule has 0 radical (unpaired) electrons. The summed E-state index contributed by atoms with van der Waals surface area (Å²) in [5, 5.41) is 6.61. The Morgan fingerprint density at radius 1 is 0.903 bits per heavy atom. The average Bonchev–Trinajstić information content (AvgIpc) is 2.79. The standard InChI is InChI=1S/C23H18ClN3O4/c24-20-9-5-4-8-19(20)22(29)25-15-21(28)27-26-14-16-10-12-18(13-11-16)31-23(30)17-6-2-1-3-7-17/h1-14H,15H2,(H,25,29)(H,27,28)/b26-14+. The number of hydrogen-bond acceptors (Lipinski definition) is 5. The van der Waals surface area contributed by atoms with Gasteiger partial charge in [-0.15, -0.1) is 0 Å². The number of carbonyl (C=O) groups excluding carboxylic acids is 3. The van der Waals surface area contributed by atoms with E-state index in [1.54, 1.807) is 72.8 Å². The van der Waals surface area contributed by atoms with Crippen molar-refractivity contribution in [2.24, 2.45) is 5.10 Å². The third-order valence-corrected chi connectivity index (χ3v) is 4.36. The van der Waals surface area contributed by atoms with Crippen molar-refractivity contribution in [3.05, 3.63) is 101 Å². The second-order valence-electron chi connectivity index (χ2n) is 6.28. The van der Waals surface area contributed by atoms with Crippen LogP contribution in [0.2, 0.25) is 5.02 Å². The van der Waals surface area contributed by atoms with Gasteiger partial charge in [-0.3, -0.25) is 9.59 Å². The van der Waals surface area contributed by atoms with Crippen LogP contribution in [0.15, 0.2) is 84.0 Å². The Labute approximate surface area is 183 Å². The molecule has 3 aromatic carbocycles. The Kier molecular flexibility index (Phi) is 7.50. The topological polar surface area (TPSA) is 96.9 Å². The van der Waals surface area contributed by atoms with Gasteiger partial charge in [0.05, 0.1) is 28.9 Å². The van der Waals surface area contributed by atoms with Crippen LogP contribution in [0.1, 0.15) is 26.3 Å². The van der Waals surface area contributed by atoms with Crippen LogP contribution in [-0.4, -0.2) is 30.5 Å². The van der Waals surface area contributed by atoms with Crippen LogP contribution in [0, 0.1) is 0 Å². The van der Waals surface area contributed by atoms with Gasteiger partial charge in [0.25, 0.3) is 11.8 Å². The first kappa shape index (κ1) is 21.7. The molecular weight excluding hydrogens is 418 g/mol. The van der Waals surface area contributed by atoms with Crippen molar-refractivity contribution in [1.82, 2.24) is 10.7 Å². The first-order valence-electron chi connectivity index (χ1n) is 9.25. The van der Waals surface area contributed by atoms with E-state index in [2.05, 4.69) is 15.8 Å². The summed E-state index contributed by atoms with van der Waals surface area (Å²) in [7, 11) is 0. The van der Waals surface area contributed by atoms with Crippen LogP contribution in [0.5, 0.6) is 5.75 Å². The van der Waals surface area contributed by atoms with Gasteiger partial charge in [0.15, 0.2) is 0 Å². The summed E-state index contributed by atoms with van der Waals surface area (Å²) >= 11 is 5.94. The fraction of sp³-hybridized carbons (Fsp3) is 0.0435. The number of nitrogens with zero attached hydrogens (tertiary/aromatic N) is 1. The molecule has 0 bridgehead atoms. The number of halogens is 1. The zero-order valence-corrected chi connectivity index (χ0v) is 17.0. The van der Waals surface area contributed by atoms with Gasteiger partial charge in [-0.2, -0.15) is 5.10 Å². The van der Waals surface area contributed by atoms with E-state index >= 15 is 0 Å². The second kappa shape index (κ2) is 10.7. The normalized spacial score (nSPS) is 10.5. The summed E-state index contributed by atoms with van der Waals surface area (Å²) in [6.07, 6.45) is 1.43. The number of amides is 2. The van der Waals surface area contributed by atoms with Crippen LogP contribution in [-0.2, 0) is 4.79 Å². The van der Waals surface area contributed by atoms with Crippen molar-refractivity contribution in [3.8, 4) is 5.75 Å².